The van der Waals surface area contributed by atoms with Crippen LogP contribution in [0.1, 0.15) is 5.56 Å². The number of ether oxygens (including phenoxy) is 1. The van der Waals surface area contributed by atoms with Crippen LogP contribution in [0, 0.1) is 17.0 Å². The molecule has 126 valence electrons. The first-order valence-corrected chi connectivity index (χ1v) is 7.55. The maximum absolute atomic E-state index is 10.8. The fourth-order valence-electron chi connectivity index (χ4n) is 2.72. The molecule has 1 aliphatic heterocycles. The highest BCUT2D eigenvalue weighted by molar-refractivity contribution is 5.52. The molecule has 0 saturated carbocycles. The van der Waals surface area contributed by atoms with Crippen molar-refractivity contribution in [2.75, 3.05) is 43.1 Å². The van der Waals surface area contributed by atoms with Crippen LogP contribution in [-0.2, 0) is 0 Å². The van der Waals surface area contributed by atoms with Gasteiger partial charge in [0.2, 0.25) is 5.88 Å². The lowest BCUT2D eigenvalue weighted by Crippen LogP contribution is -2.47. The predicted octanol–water partition coefficient (Wildman–Crippen LogP) is 1.42. The fourth-order valence-corrected chi connectivity index (χ4v) is 2.72. The van der Waals surface area contributed by atoms with E-state index in [9.17, 15) is 10.1 Å². The van der Waals surface area contributed by atoms with Crippen LogP contribution in [0.4, 0.5) is 17.3 Å². The highest BCUT2D eigenvalue weighted by atomic mass is 16.6. The van der Waals surface area contributed by atoms with Crippen molar-refractivity contribution < 1.29 is 9.66 Å². The molecule has 0 bridgehead atoms. The van der Waals surface area contributed by atoms with Gasteiger partial charge in [0.15, 0.2) is 5.82 Å². The molecule has 0 unspecified atom stereocenters. The number of pyridine rings is 1. The molecule has 0 spiro atoms. The molecule has 2 aromatic heterocycles. The Kier molecular flexibility index (Phi) is 4.41. The molecule has 0 aromatic carbocycles. The monoisotopic (exact) mass is 330 g/mol. The van der Waals surface area contributed by atoms with Crippen LogP contribution in [0.2, 0.25) is 0 Å². The number of piperazine rings is 1. The summed E-state index contributed by atoms with van der Waals surface area (Å²) in [5.74, 6) is 2.06. The predicted molar refractivity (Wildman–Crippen MR) is 88.6 cm³/mol. The number of rotatable bonds is 4. The number of hydrogen-bond acceptors (Lipinski definition) is 8. The van der Waals surface area contributed by atoms with E-state index in [1.807, 2.05) is 6.92 Å². The smallest absolute Gasteiger partial charge is 0.287 e. The van der Waals surface area contributed by atoms with Crippen molar-refractivity contribution >= 4 is 17.3 Å². The Balaban J connectivity index is 1.69. The summed E-state index contributed by atoms with van der Waals surface area (Å²) in [5, 5.41) is 10.8. The molecule has 1 aliphatic rings. The van der Waals surface area contributed by atoms with E-state index in [-0.39, 0.29) is 5.69 Å². The van der Waals surface area contributed by atoms with Crippen molar-refractivity contribution in [3.63, 3.8) is 0 Å². The normalized spacial score (nSPS) is 14.6. The number of hydrogen-bond donors (Lipinski definition) is 0. The minimum Gasteiger partial charge on any atom is -0.480 e. The largest absolute Gasteiger partial charge is 0.480 e. The summed E-state index contributed by atoms with van der Waals surface area (Å²) >= 11 is 0. The Morgan fingerprint density at radius 3 is 2.50 bits per heavy atom. The van der Waals surface area contributed by atoms with E-state index in [0.29, 0.717) is 5.88 Å². The summed E-state index contributed by atoms with van der Waals surface area (Å²) in [7, 11) is 1.56. The number of aryl methyl sites for hydroxylation is 1. The Labute approximate surface area is 139 Å². The minimum absolute atomic E-state index is 0.0153. The van der Waals surface area contributed by atoms with Gasteiger partial charge in [-0.1, -0.05) is 0 Å². The Morgan fingerprint density at radius 2 is 1.88 bits per heavy atom. The van der Waals surface area contributed by atoms with E-state index in [4.69, 9.17) is 4.74 Å². The van der Waals surface area contributed by atoms with E-state index in [1.54, 1.807) is 25.6 Å². The first kappa shape index (κ1) is 15.9. The highest BCUT2D eigenvalue weighted by Crippen LogP contribution is 2.24. The number of aromatic nitrogens is 3. The zero-order valence-electron chi connectivity index (χ0n) is 13.5. The Hall–Kier alpha value is -2.97. The first-order valence-electron chi connectivity index (χ1n) is 7.55. The number of methoxy groups -OCH3 is 1. The van der Waals surface area contributed by atoms with Crippen LogP contribution in [-0.4, -0.2) is 53.2 Å². The quantitative estimate of drug-likeness (QED) is 0.613. The lowest BCUT2D eigenvalue weighted by Gasteiger charge is -2.36. The van der Waals surface area contributed by atoms with Gasteiger partial charge in [-0.25, -0.2) is 4.98 Å². The summed E-state index contributed by atoms with van der Waals surface area (Å²) < 4.78 is 5.11. The van der Waals surface area contributed by atoms with Gasteiger partial charge in [-0.15, -0.1) is 0 Å². The summed E-state index contributed by atoms with van der Waals surface area (Å²) in [6, 6.07) is 1.56. The number of nitro groups is 1. The molecular formula is C15H18N6O3. The van der Waals surface area contributed by atoms with Gasteiger partial charge in [0, 0.05) is 32.2 Å². The third kappa shape index (κ3) is 3.19. The molecule has 3 rings (SSSR count). The van der Waals surface area contributed by atoms with Gasteiger partial charge >= 0.3 is 0 Å². The van der Waals surface area contributed by atoms with Crippen LogP contribution in [0.5, 0.6) is 5.88 Å². The third-order valence-electron chi connectivity index (χ3n) is 3.96. The summed E-state index contributed by atoms with van der Waals surface area (Å²) in [4.78, 5) is 27.4. The topological polar surface area (TPSA) is 97.5 Å². The molecule has 2 aromatic rings. The maximum Gasteiger partial charge on any atom is 0.287 e. The van der Waals surface area contributed by atoms with Crippen LogP contribution in [0.25, 0.3) is 0 Å². The van der Waals surface area contributed by atoms with Crippen molar-refractivity contribution in [1.82, 2.24) is 15.0 Å². The van der Waals surface area contributed by atoms with Gasteiger partial charge in [0.05, 0.1) is 24.4 Å². The summed E-state index contributed by atoms with van der Waals surface area (Å²) in [6.45, 7) is 4.88. The zero-order valence-corrected chi connectivity index (χ0v) is 13.5. The SMILES string of the molecule is COc1cncc(N2CCN(c3ncc([N+](=O)[O-])cc3C)CC2)n1. The van der Waals surface area contributed by atoms with E-state index < -0.39 is 4.92 Å². The summed E-state index contributed by atoms with van der Waals surface area (Å²) in [5.41, 5.74) is 0.820. The number of nitrogens with zero attached hydrogens (tertiary/aromatic N) is 6. The molecule has 0 amide bonds. The van der Waals surface area contributed by atoms with E-state index in [0.717, 1.165) is 43.4 Å². The molecule has 3 heterocycles. The van der Waals surface area contributed by atoms with Crippen LogP contribution in [0.3, 0.4) is 0 Å². The average Bonchev–Trinajstić information content (AvgIpc) is 2.62. The third-order valence-corrected chi connectivity index (χ3v) is 3.96. The molecule has 9 nitrogen and oxygen atoms in total. The average molecular weight is 330 g/mol. The lowest BCUT2D eigenvalue weighted by molar-refractivity contribution is -0.385. The zero-order chi connectivity index (χ0) is 17.1. The molecule has 9 heteroatoms. The molecule has 0 radical (unpaired) electrons. The van der Waals surface area contributed by atoms with Gasteiger partial charge in [0.1, 0.15) is 12.0 Å². The Bertz CT molecular complexity index is 746. The van der Waals surface area contributed by atoms with E-state index in [2.05, 4.69) is 24.8 Å². The second-order valence-electron chi connectivity index (χ2n) is 5.48. The first-order chi connectivity index (χ1) is 11.6. The van der Waals surface area contributed by atoms with Gasteiger partial charge in [-0.05, 0) is 12.5 Å². The fraction of sp³-hybridized carbons (Fsp3) is 0.400. The van der Waals surface area contributed by atoms with Crippen LogP contribution < -0.4 is 14.5 Å². The van der Waals surface area contributed by atoms with Gasteiger partial charge in [0.25, 0.3) is 5.69 Å². The maximum atomic E-state index is 10.8. The van der Waals surface area contributed by atoms with Crippen molar-refractivity contribution in [3.05, 3.63) is 40.3 Å². The lowest BCUT2D eigenvalue weighted by atomic mass is 10.2. The van der Waals surface area contributed by atoms with E-state index >= 15 is 0 Å². The Morgan fingerprint density at radius 1 is 1.17 bits per heavy atom. The minimum atomic E-state index is -0.427. The van der Waals surface area contributed by atoms with E-state index in [1.165, 1.54) is 6.20 Å². The van der Waals surface area contributed by atoms with Gasteiger partial charge < -0.3 is 14.5 Å². The van der Waals surface area contributed by atoms with Crippen molar-refractivity contribution in [2.24, 2.45) is 0 Å². The molecule has 0 N–H and O–H groups in total. The molecule has 0 aliphatic carbocycles. The number of anilines is 2. The highest BCUT2D eigenvalue weighted by Gasteiger charge is 2.22. The van der Waals surface area contributed by atoms with Crippen LogP contribution in [0.15, 0.2) is 24.7 Å². The standard InChI is InChI=1S/C15H18N6O3/c1-11-7-12(21(22)23)8-17-15(11)20-5-3-19(4-6-20)13-9-16-10-14(18-13)24-2/h7-10H,3-6H2,1-2H3. The molecular weight excluding hydrogens is 312 g/mol. The van der Waals surface area contributed by atoms with Crippen molar-refractivity contribution in [3.8, 4) is 5.88 Å². The second kappa shape index (κ2) is 6.65. The molecule has 1 fully saturated rings. The molecule has 1 saturated heterocycles. The van der Waals surface area contributed by atoms with Gasteiger partial charge in [-0.2, -0.15) is 4.98 Å². The van der Waals surface area contributed by atoms with Gasteiger partial charge in [-0.3, -0.25) is 15.1 Å². The van der Waals surface area contributed by atoms with Crippen LogP contribution >= 0.6 is 0 Å². The van der Waals surface area contributed by atoms with Crippen molar-refractivity contribution in [2.45, 2.75) is 6.92 Å². The molecule has 0 atom stereocenters. The van der Waals surface area contributed by atoms with Crippen molar-refractivity contribution in [1.29, 1.82) is 0 Å². The second-order valence-corrected chi connectivity index (χ2v) is 5.48. The molecule has 24 heavy (non-hydrogen) atoms. The summed E-state index contributed by atoms with van der Waals surface area (Å²) in [6.07, 6.45) is 4.60.